The van der Waals surface area contributed by atoms with Gasteiger partial charge in [0.1, 0.15) is 5.75 Å². The van der Waals surface area contributed by atoms with Gasteiger partial charge in [0.15, 0.2) is 0 Å². The Morgan fingerprint density at radius 3 is 2.70 bits per heavy atom. The minimum absolute atomic E-state index is 0.225. The number of anilines is 2. The predicted molar refractivity (Wildman–Crippen MR) is 81.5 cm³/mol. The molecule has 0 bridgehead atoms. The van der Waals surface area contributed by atoms with Gasteiger partial charge in [0.2, 0.25) is 0 Å². The number of halogens is 1. The van der Waals surface area contributed by atoms with Crippen LogP contribution in [0.15, 0.2) is 36.4 Å². The second-order valence-electron chi connectivity index (χ2n) is 4.37. The molecule has 0 aliphatic carbocycles. The normalized spacial score (nSPS) is 10.2. The van der Waals surface area contributed by atoms with Gasteiger partial charge < -0.3 is 15.8 Å². The number of hydrogen-bond donors (Lipinski definition) is 2. The number of ether oxygens (including phenoxy) is 1. The van der Waals surface area contributed by atoms with Crippen LogP contribution in [0.4, 0.5) is 11.4 Å². The van der Waals surface area contributed by atoms with Gasteiger partial charge in [0.05, 0.1) is 12.8 Å². The highest BCUT2D eigenvalue weighted by atomic mass is 35.5. The van der Waals surface area contributed by atoms with Gasteiger partial charge in [-0.15, -0.1) is 0 Å². The van der Waals surface area contributed by atoms with Crippen molar-refractivity contribution in [1.29, 1.82) is 0 Å². The highest BCUT2D eigenvalue weighted by molar-refractivity contribution is 6.31. The summed E-state index contributed by atoms with van der Waals surface area (Å²) in [5.74, 6) is 0.294. The van der Waals surface area contributed by atoms with Crippen LogP contribution in [0.1, 0.15) is 15.9 Å². The lowest BCUT2D eigenvalue weighted by Crippen LogP contribution is -2.13. The molecule has 0 fully saturated rings. The molecule has 0 aliphatic heterocycles. The Balaban J connectivity index is 2.25. The molecule has 0 spiro atoms. The summed E-state index contributed by atoms with van der Waals surface area (Å²) < 4.78 is 5.12. The molecule has 1 amide bonds. The summed E-state index contributed by atoms with van der Waals surface area (Å²) >= 11 is 5.92. The van der Waals surface area contributed by atoms with Crippen LogP contribution in [0.3, 0.4) is 0 Å². The lowest BCUT2D eigenvalue weighted by atomic mass is 10.1. The van der Waals surface area contributed by atoms with Crippen LogP contribution in [0, 0.1) is 6.92 Å². The molecular formula is C15H15ClN2O2. The first-order valence-electron chi connectivity index (χ1n) is 6.02. The third-order valence-electron chi connectivity index (χ3n) is 2.94. The number of nitrogens with one attached hydrogen (secondary N) is 1. The van der Waals surface area contributed by atoms with E-state index >= 15 is 0 Å². The van der Waals surface area contributed by atoms with E-state index in [2.05, 4.69) is 5.32 Å². The maximum atomic E-state index is 12.2. The zero-order valence-electron chi connectivity index (χ0n) is 11.2. The van der Waals surface area contributed by atoms with Crippen molar-refractivity contribution in [3.05, 3.63) is 52.5 Å². The topological polar surface area (TPSA) is 64.3 Å². The van der Waals surface area contributed by atoms with Crippen molar-refractivity contribution in [3.63, 3.8) is 0 Å². The molecule has 20 heavy (non-hydrogen) atoms. The van der Waals surface area contributed by atoms with Crippen molar-refractivity contribution < 1.29 is 9.53 Å². The SMILES string of the molecule is COc1cc(NC(=O)c2cc(Cl)ccc2C)ccc1N. The van der Waals surface area contributed by atoms with Crippen molar-refractivity contribution in [3.8, 4) is 5.75 Å². The highest BCUT2D eigenvalue weighted by Gasteiger charge is 2.11. The van der Waals surface area contributed by atoms with Gasteiger partial charge in [-0.3, -0.25) is 4.79 Å². The van der Waals surface area contributed by atoms with Crippen LogP contribution in [0.5, 0.6) is 5.75 Å². The molecule has 0 aliphatic rings. The molecule has 4 nitrogen and oxygen atoms in total. The maximum Gasteiger partial charge on any atom is 0.255 e. The number of rotatable bonds is 3. The molecule has 3 N–H and O–H groups in total. The van der Waals surface area contributed by atoms with E-state index in [1.54, 1.807) is 36.4 Å². The van der Waals surface area contributed by atoms with Crippen molar-refractivity contribution in [2.75, 3.05) is 18.2 Å². The van der Waals surface area contributed by atoms with E-state index in [1.165, 1.54) is 7.11 Å². The van der Waals surface area contributed by atoms with E-state index in [4.69, 9.17) is 22.1 Å². The van der Waals surface area contributed by atoms with E-state index in [0.717, 1.165) is 5.56 Å². The molecule has 0 saturated carbocycles. The summed E-state index contributed by atoms with van der Waals surface area (Å²) in [5.41, 5.74) is 8.25. The van der Waals surface area contributed by atoms with Gasteiger partial charge >= 0.3 is 0 Å². The number of carbonyl (C=O) groups is 1. The first kappa shape index (κ1) is 14.2. The zero-order chi connectivity index (χ0) is 14.7. The van der Waals surface area contributed by atoms with Gasteiger partial charge in [-0.1, -0.05) is 17.7 Å². The average Bonchev–Trinajstić information content (AvgIpc) is 2.43. The first-order chi connectivity index (χ1) is 9.51. The Labute approximate surface area is 122 Å². The Kier molecular flexibility index (Phi) is 4.15. The number of aryl methyl sites for hydroxylation is 1. The molecule has 0 saturated heterocycles. The zero-order valence-corrected chi connectivity index (χ0v) is 12.0. The Hall–Kier alpha value is -2.20. The molecule has 0 radical (unpaired) electrons. The molecule has 0 aromatic heterocycles. The molecule has 2 aromatic carbocycles. The summed E-state index contributed by atoms with van der Waals surface area (Å²) in [4.78, 5) is 12.2. The molecule has 0 unspecified atom stereocenters. The first-order valence-corrected chi connectivity index (χ1v) is 6.40. The summed E-state index contributed by atoms with van der Waals surface area (Å²) in [5, 5.41) is 3.32. The molecule has 2 rings (SSSR count). The van der Waals surface area contributed by atoms with E-state index in [-0.39, 0.29) is 5.91 Å². The van der Waals surface area contributed by atoms with Crippen molar-refractivity contribution >= 4 is 28.9 Å². The van der Waals surface area contributed by atoms with Crippen LogP contribution in [0.25, 0.3) is 0 Å². The summed E-state index contributed by atoms with van der Waals surface area (Å²) in [6, 6.07) is 10.3. The number of carbonyl (C=O) groups excluding carboxylic acids is 1. The van der Waals surface area contributed by atoms with Gasteiger partial charge in [-0.2, -0.15) is 0 Å². The minimum Gasteiger partial charge on any atom is -0.495 e. The van der Waals surface area contributed by atoms with Crippen molar-refractivity contribution in [2.24, 2.45) is 0 Å². The van der Waals surface area contributed by atoms with E-state index < -0.39 is 0 Å². The number of benzene rings is 2. The quantitative estimate of drug-likeness (QED) is 0.851. The van der Waals surface area contributed by atoms with E-state index in [0.29, 0.717) is 27.7 Å². The fraction of sp³-hybridized carbons (Fsp3) is 0.133. The molecule has 2 aromatic rings. The molecular weight excluding hydrogens is 276 g/mol. The second kappa shape index (κ2) is 5.84. The number of methoxy groups -OCH3 is 1. The Morgan fingerprint density at radius 1 is 1.25 bits per heavy atom. The van der Waals surface area contributed by atoms with Crippen LogP contribution in [-0.2, 0) is 0 Å². The third-order valence-corrected chi connectivity index (χ3v) is 3.17. The van der Waals surface area contributed by atoms with Gasteiger partial charge in [-0.25, -0.2) is 0 Å². The molecule has 5 heteroatoms. The smallest absolute Gasteiger partial charge is 0.255 e. The summed E-state index contributed by atoms with van der Waals surface area (Å²) in [6.45, 7) is 1.86. The monoisotopic (exact) mass is 290 g/mol. The van der Waals surface area contributed by atoms with E-state index in [9.17, 15) is 4.79 Å². The number of nitrogen functional groups attached to an aromatic ring is 1. The van der Waals surface area contributed by atoms with Gasteiger partial charge in [0.25, 0.3) is 5.91 Å². The molecule has 0 heterocycles. The largest absolute Gasteiger partial charge is 0.495 e. The lowest BCUT2D eigenvalue weighted by molar-refractivity contribution is 0.102. The second-order valence-corrected chi connectivity index (χ2v) is 4.81. The fourth-order valence-electron chi connectivity index (χ4n) is 1.83. The van der Waals surface area contributed by atoms with Gasteiger partial charge in [-0.05, 0) is 36.8 Å². The molecule has 0 atom stereocenters. The Morgan fingerprint density at radius 2 is 2.00 bits per heavy atom. The minimum atomic E-state index is -0.225. The number of amides is 1. The highest BCUT2D eigenvalue weighted by Crippen LogP contribution is 2.25. The molecule has 104 valence electrons. The number of nitrogens with two attached hydrogens (primary N) is 1. The maximum absolute atomic E-state index is 12.2. The number of hydrogen-bond acceptors (Lipinski definition) is 3. The van der Waals surface area contributed by atoms with Crippen LogP contribution in [-0.4, -0.2) is 13.0 Å². The fourth-order valence-corrected chi connectivity index (χ4v) is 2.00. The summed E-state index contributed by atoms with van der Waals surface area (Å²) in [6.07, 6.45) is 0. The van der Waals surface area contributed by atoms with Crippen LogP contribution < -0.4 is 15.8 Å². The lowest BCUT2D eigenvalue weighted by Gasteiger charge is -2.10. The van der Waals surface area contributed by atoms with Crippen LogP contribution in [0.2, 0.25) is 5.02 Å². The van der Waals surface area contributed by atoms with Crippen molar-refractivity contribution in [2.45, 2.75) is 6.92 Å². The standard InChI is InChI=1S/C15H15ClN2O2/c1-9-3-4-10(16)7-12(9)15(19)18-11-5-6-13(17)14(8-11)20-2/h3-8H,17H2,1-2H3,(H,18,19). The average molecular weight is 291 g/mol. The van der Waals surface area contributed by atoms with E-state index in [1.807, 2.05) is 6.92 Å². The van der Waals surface area contributed by atoms with Crippen molar-refractivity contribution in [1.82, 2.24) is 0 Å². The Bertz CT molecular complexity index is 656. The third kappa shape index (κ3) is 3.03. The van der Waals surface area contributed by atoms with Gasteiger partial charge in [0, 0.05) is 22.3 Å². The van der Waals surface area contributed by atoms with Crippen LogP contribution >= 0.6 is 11.6 Å². The summed E-state index contributed by atoms with van der Waals surface area (Å²) in [7, 11) is 1.53. The predicted octanol–water partition coefficient (Wildman–Crippen LogP) is 3.49.